The van der Waals surface area contributed by atoms with E-state index in [-0.39, 0.29) is 17.0 Å². The van der Waals surface area contributed by atoms with Crippen LogP contribution in [0.5, 0.6) is 0 Å². The molecule has 0 radical (unpaired) electrons. The van der Waals surface area contributed by atoms with Gasteiger partial charge < -0.3 is 19.1 Å². The summed E-state index contributed by atoms with van der Waals surface area (Å²) < 4.78 is 30.5. The van der Waals surface area contributed by atoms with Crippen molar-refractivity contribution in [1.82, 2.24) is 4.90 Å². The van der Waals surface area contributed by atoms with Crippen LogP contribution < -0.4 is 0 Å². The lowest BCUT2D eigenvalue weighted by molar-refractivity contribution is -0.140. The van der Waals surface area contributed by atoms with Crippen LogP contribution in [-0.4, -0.2) is 56.4 Å². The number of halogens is 3. The zero-order chi connectivity index (χ0) is 18.5. The minimum atomic E-state index is -0.555. The Bertz CT molecular complexity index is 640. The summed E-state index contributed by atoms with van der Waals surface area (Å²) in [6, 6.07) is 2.63. The van der Waals surface area contributed by atoms with Gasteiger partial charge in [0.25, 0.3) is 0 Å². The number of carbonyl (C=O) groups excluding carboxylic acids is 1. The third-order valence-corrected chi connectivity index (χ3v) is 5.21. The Labute approximate surface area is 162 Å². The molecule has 5 nitrogen and oxygen atoms in total. The number of morpholine rings is 1. The minimum Gasteiger partial charge on any atom is -0.378 e. The molecule has 1 amide bonds. The number of amides is 1. The van der Waals surface area contributed by atoms with Gasteiger partial charge in [0.1, 0.15) is 11.9 Å². The van der Waals surface area contributed by atoms with Gasteiger partial charge in [0.2, 0.25) is 5.91 Å². The minimum absolute atomic E-state index is 0.0174. The van der Waals surface area contributed by atoms with Crippen LogP contribution in [0.15, 0.2) is 12.1 Å². The van der Waals surface area contributed by atoms with Crippen molar-refractivity contribution in [2.45, 2.75) is 31.5 Å². The third kappa shape index (κ3) is 5.08. The monoisotopic (exact) mass is 405 g/mol. The van der Waals surface area contributed by atoms with Crippen LogP contribution in [0.2, 0.25) is 10.0 Å². The van der Waals surface area contributed by atoms with Crippen molar-refractivity contribution in [1.29, 1.82) is 0 Å². The molecule has 2 aliphatic rings. The Morgan fingerprint density at radius 3 is 2.88 bits per heavy atom. The standard InChI is InChI=1S/C18H22Cl2FNO4/c19-14-9-15(20)16(21)8-13(14)17-10-22(4-7-26-17)18(23)3-6-24-11-12-2-1-5-25-12/h8-9,12,17H,1-7,10-11H2. The molecule has 2 unspecified atom stereocenters. The molecule has 8 heteroatoms. The molecule has 26 heavy (non-hydrogen) atoms. The number of carbonyl (C=O) groups is 1. The maximum atomic E-state index is 13.8. The predicted octanol–water partition coefficient (Wildman–Crippen LogP) is 3.62. The maximum absolute atomic E-state index is 13.8. The Morgan fingerprint density at radius 2 is 2.12 bits per heavy atom. The molecule has 0 saturated carbocycles. The number of ether oxygens (including phenoxy) is 3. The Kier molecular flexibility index (Phi) is 7.12. The highest BCUT2D eigenvalue weighted by molar-refractivity contribution is 6.35. The molecule has 2 saturated heterocycles. The first-order valence-corrected chi connectivity index (χ1v) is 9.53. The van der Waals surface area contributed by atoms with Crippen LogP contribution in [-0.2, 0) is 19.0 Å². The van der Waals surface area contributed by atoms with Gasteiger partial charge in [-0.2, -0.15) is 0 Å². The fraction of sp³-hybridized carbons (Fsp3) is 0.611. The molecule has 1 aromatic rings. The summed E-state index contributed by atoms with van der Waals surface area (Å²) in [5.74, 6) is -0.572. The van der Waals surface area contributed by atoms with Crippen LogP contribution in [0.4, 0.5) is 4.39 Å². The topological polar surface area (TPSA) is 48.0 Å². The first kappa shape index (κ1) is 19.8. The molecule has 2 atom stereocenters. The predicted molar refractivity (Wildman–Crippen MR) is 96.1 cm³/mol. The lowest BCUT2D eigenvalue weighted by Crippen LogP contribution is -2.42. The van der Waals surface area contributed by atoms with Crippen molar-refractivity contribution < 1.29 is 23.4 Å². The second-order valence-electron chi connectivity index (χ2n) is 6.45. The smallest absolute Gasteiger partial charge is 0.225 e. The summed E-state index contributed by atoms with van der Waals surface area (Å²) in [5, 5.41) is 0.293. The van der Waals surface area contributed by atoms with E-state index < -0.39 is 11.9 Å². The molecule has 2 fully saturated rings. The maximum Gasteiger partial charge on any atom is 0.225 e. The van der Waals surface area contributed by atoms with Gasteiger partial charge in [-0.3, -0.25) is 4.79 Å². The van der Waals surface area contributed by atoms with E-state index in [9.17, 15) is 9.18 Å². The van der Waals surface area contributed by atoms with Gasteiger partial charge in [0, 0.05) is 23.7 Å². The van der Waals surface area contributed by atoms with Gasteiger partial charge in [-0.15, -0.1) is 0 Å². The quantitative estimate of drug-likeness (QED) is 0.535. The van der Waals surface area contributed by atoms with Crippen LogP contribution in [0, 0.1) is 5.82 Å². The zero-order valence-corrected chi connectivity index (χ0v) is 15.9. The molecular weight excluding hydrogens is 384 g/mol. The van der Waals surface area contributed by atoms with Crippen molar-refractivity contribution >= 4 is 29.1 Å². The SMILES string of the molecule is O=C(CCOCC1CCCO1)N1CCOC(c2cc(F)c(Cl)cc2Cl)C1. The van der Waals surface area contributed by atoms with Gasteiger partial charge in [-0.25, -0.2) is 4.39 Å². The van der Waals surface area contributed by atoms with E-state index in [1.807, 2.05) is 0 Å². The lowest BCUT2D eigenvalue weighted by atomic mass is 10.1. The lowest BCUT2D eigenvalue weighted by Gasteiger charge is -2.33. The van der Waals surface area contributed by atoms with Gasteiger partial charge >= 0.3 is 0 Å². The highest BCUT2D eigenvalue weighted by Gasteiger charge is 2.27. The highest BCUT2D eigenvalue weighted by Crippen LogP contribution is 2.32. The van der Waals surface area contributed by atoms with E-state index in [1.165, 1.54) is 12.1 Å². The van der Waals surface area contributed by atoms with E-state index >= 15 is 0 Å². The van der Waals surface area contributed by atoms with E-state index in [1.54, 1.807) is 4.90 Å². The van der Waals surface area contributed by atoms with Crippen LogP contribution in [0.1, 0.15) is 30.9 Å². The normalized spacial score (nSPS) is 23.4. The van der Waals surface area contributed by atoms with Crippen LogP contribution >= 0.6 is 23.2 Å². The summed E-state index contributed by atoms with van der Waals surface area (Å²) >= 11 is 11.9. The number of nitrogens with zero attached hydrogens (tertiary/aromatic N) is 1. The van der Waals surface area contributed by atoms with Crippen molar-refractivity contribution in [3.8, 4) is 0 Å². The average molecular weight is 406 g/mol. The average Bonchev–Trinajstić information content (AvgIpc) is 3.15. The largest absolute Gasteiger partial charge is 0.378 e. The third-order valence-electron chi connectivity index (χ3n) is 4.59. The first-order chi connectivity index (χ1) is 12.5. The Hall–Kier alpha value is -0.920. The van der Waals surface area contributed by atoms with Crippen molar-refractivity contribution in [2.24, 2.45) is 0 Å². The number of benzene rings is 1. The fourth-order valence-corrected chi connectivity index (χ4v) is 3.66. The van der Waals surface area contributed by atoms with Gasteiger partial charge in [-0.05, 0) is 25.0 Å². The van der Waals surface area contributed by atoms with Gasteiger partial charge in [0.15, 0.2) is 0 Å². The Balaban J connectivity index is 1.49. The first-order valence-electron chi connectivity index (χ1n) is 8.77. The molecule has 0 aromatic heterocycles. The van der Waals surface area contributed by atoms with E-state index in [2.05, 4.69) is 0 Å². The summed E-state index contributed by atoms with van der Waals surface area (Å²) in [4.78, 5) is 14.1. The van der Waals surface area contributed by atoms with Gasteiger partial charge in [-0.1, -0.05) is 23.2 Å². The van der Waals surface area contributed by atoms with Crippen molar-refractivity contribution in [3.63, 3.8) is 0 Å². The summed E-state index contributed by atoms with van der Waals surface area (Å²) in [5.41, 5.74) is 0.501. The van der Waals surface area contributed by atoms with E-state index in [0.717, 1.165) is 19.4 Å². The summed E-state index contributed by atoms with van der Waals surface area (Å²) in [7, 11) is 0. The van der Waals surface area contributed by atoms with Gasteiger partial charge in [0.05, 0.1) is 43.9 Å². The molecule has 3 rings (SSSR count). The molecule has 0 N–H and O–H groups in total. The Morgan fingerprint density at radius 1 is 1.27 bits per heavy atom. The zero-order valence-electron chi connectivity index (χ0n) is 14.4. The highest BCUT2D eigenvalue weighted by atomic mass is 35.5. The van der Waals surface area contributed by atoms with Crippen molar-refractivity contribution in [3.05, 3.63) is 33.6 Å². The number of hydrogen-bond donors (Lipinski definition) is 0. The summed E-state index contributed by atoms with van der Waals surface area (Å²) in [6.45, 7) is 2.86. The summed E-state index contributed by atoms with van der Waals surface area (Å²) in [6.07, 6.45) is 2.05. The molecule has 2 heterocycles. The number of rotatable bonds is 6. The molecular formula is C18H22Cl2FNO4. The molecule has 2 aliphatic heterocycles. The van der Waals surface area contributed by atoms with Crippen LogP contribution in [0.25, 0.3) is 0 Å². The molecule has 0 bridgehead atoms. The second kappa shape index (κ2) is 9.33. The fourth-order valence-electron chi connectivity index (χ4n) is 3.16. The van der Waals surface area contributed by atoms with E-state index in [0.29, 0.717) is 49.9 Å². The molecule has 0 aliphatic carbocycles. The molecule has 0 spiro atoms. The second-order valence-corrected chi connectivity index (χ2v) is 7.26. The van der Waals surface area contributed by atoms with E-state index in [4.69, 9.17) is 37.4 Å². The van der Waals surface area contributed by atoms with Crippen molar-refractivity contribution in [2.75, 3.05) is 39.5 Å². The van der Waals surface area contributed by atoms with Crippen LogP contribution in [0.3, 0.4) is 0 Å². The number of hydrogen-bond acceptors (Lipinski definition) is 4. The molecule has 144 valence electrons. The molecule has 1 aromatic carbocycles.